The van der Waals surface area contributed by atoms with Gasteiger partial charge < -0.3 is 15.3 Å². The van der Waals surface area contributed by atoms with Gasteiger partial charge in [-0.1, -0.05) is 6.92 Å². The van der Waals surface area contributed by atoms with Crippen LogP contribution in [0.15, 0.2) is 0 Å². The number of carbonyl (C=O) groups excluding carboxylic acids is 1. The second kappa shape index (κ2) is 5.26. The summed E-state index contributed by atoms with van der Waals surface area (Å²) in [6, 6.07) is 0. The second-order valence-electron chi connectivity index (χ2n) is 5.74. The van der Waals surface area contributed by atoms with E-state index in [0.29, 0.717) is 19.5 Å². The zero-order valence-corrected chi connectivity index (χ0v) is 10.9. The molecule has 1 amide bonds. The maximum Gasteiger partial charge on any atom is 0.308 e. The number of hydrogen-bond donors (Lipinski definition) is 2. The average molecular weight is 254 g/mol. The van der Waals surface area contributed by atoms with Gasteiger partial charge in [-0.05, 0) is 38.8 Å². The van der Waals surface area contributed by atoms with Crippen molar-refractivity contribution in [2.45, 2.75) is 32.6 Å². The summed E-state index contributed by atoms with van der Waals surface area (Å²) in [5.41, 5.74) is -0.300. The van der Waals surface area contributed by atoms with Crippen molar-refractivity contribution in [2.24, 2.45) is 11.3 Å². The Hall–Kier alpha value is -1.10. The molecule has 2 rings (SSSR count). The molecule has 18 heavy (non-hydrogen) atoms. The zero-order valence-electron chi connectivity index (χ0n) is 10.9. The third kappa shape index (κ3) is 2.66. The van der Waals surface area contributed by atoms with Crippen LogP contribution in [-0.2, 0) is 9.59 Å². The monoisotopic (exact) mass is 254 g/mol. The number of carbonyl (C=O) groups is 2. The van der Waals surface area contributed by atoms with E-state index in [-0.39, 0.29) is 17.2 Å². The third-order valence-corrected chi connectivity index (χ3v) is 4.28. The Morgan fingerprint density at radius 1 is 1.33 bits per heavy atom. The quantitative estimate of drug-likeness (QED) is 0.761. The first-order valence-electron chi connectivity index (χ1n) is 6.76. The normalized spacial score (nSPS) is 27.8. The Bertz CT molecular complexity index is 337. The first-order chi connectivity index (χ1) is 8.53. The van der Waals surface area contributed by atoms with Gasteiger partial charge >= 0.3 is 5.97 Å². The largest absolute Gasteiger partial charge is 0.481 e. The lowest BCUT2D eigenvalue weighted by atomic mass is 9.79. The van der Waals surface area contributed by atoms with Gasteiger partial charge in [0.1, 0.15) is 0 Å². The van der Waals surface area contributed by atoms with E-state index in [1.165, 1.54) is 0 Å². The van der Waals surface area contributed by atoms with Crippen LogP contribution in [0.4, 0.5) is 0 Å². The number of rotatable bonds is 2. The van der Waals surface area contributed by atoms with E-state index in [2.05, 4.69) is 5.32 Å². The molecule has 2 fully saturated rings. The number of hydrogen-bond acceptors (Lipinski definition) is 3. The Balaban J connectivity index is 2.01. The molecule has 0 aromatic rings. The van der Waals surface area contributed by atoms with Gasteiger partial charge in [-0.3, -0.25) is 9.59 Å². The maximum atomic E-state index is 12.5. The molecule has 0 saturated carbocycles. The Labute approximate surface area is 108 Å². The molecule has 5 heteroatoms. The highest BCUT2D eigenvalue weighted by Gasteiger charge is 2.39. The molecule has 2 aliphatic rings. The molecule has 102 valence electrons. The Morgan fingerprint density at radius 2 is 2.00 bits per heavy atom. The van der Waals surface area contributed by atoms with Crippen molar-refractivity contribution in [3.05, 3.63) is 0 Å². The van der Waals surface area contributed by atoms with Crippen molar-refractivity contribution in [2.75, 3.05) is 26.2 Å². The predicted octanol–water partition coefficient (Wildman–Crippen LogP) is 0.699. The zero-order chi connectivity index (χ0) is 13.2. The minimum atomic E-state index is -0.775. The van der Waals surface area contributed by atoms with Gasteiger partial charge in [-0.15, -0.1) is 0 Å². The van der Waals surface area contributed by atoms with Crippen LogP contribution in [0.3, 0.4) is 0 Å². The smallest absolute Gasteiger partial charge is 0.308 e. The van der Waals surface area contributed by atoms with E-state index in [1.54, 1.807) is 4.90 Å². The van der Waals surface area contributed by atoms with E-state index < -0.39 is 5.97 Å². The molecule has 0 aromatic heterocycles. The van der Waals surface area contributed by atoms with Crippen molar-refractivity contribution in [1.29, 1.82) is 0 Å². The van der Waals surface area contributed by atoms with Gasteiger partial charge in [0, 0.05) is 18.5 Å². The lowest BCUT2D eigenvalue weighted by Gasteiger charge is -2.40. The maximum absolute atomic E-state index is 12.5. The SMILES string of the molecule is CC1(C(=O)N2CCCC(C(=O)O)C2)CCNCC1. The van der Waals surface area contributed by atoms with Crippen molar-refractivity contribution < 1.29 is 14.7 Å². The molecular formula is C13H22N2O3. The molecule has 2 N–H and O–H groups in total. The van der Waals surface area contributed by atoms with Crippen LogP contribution in [-0.4, -0.2) is 48.1 Å². The first kappa shape index (κ1) is 13.3. The number of aliphatic carboxylic acids is 1. The summed E-state index contributed by atoms with van der Waals surface area (Å²) in [6.07, 6.45) is 3.19. The number of amides is 1. The van der Waals surface area contributed by atoms with E-state index >= 15 is 0 Å². The summed E-state index contributed by atoms with van der Waals surface area (Å²) >= 11 is 0. The number of carboxylic acids is 1. The molecule has 0 aliphatic carbocycles. The van der Waals surface area contributed by atoms with Crippen molar-refractivity contribution >= 4 is 11.9 Å². The fourth-order valence-electron chi connectivity index (χ4n) is 2.94. The van der Waals surface area contributed by atoms with Crippen LogP contribution in [0, 0.1) is 11.3 Å². The molecule has 5 nitrogen and oxygen atoms in total. The van der Waals surface area contributed by atoms with Gasteiger partial charge in [0.2, 0.25) is 5.91 Å². The standard InChI is InChI=1S/C13H22N2O3/c1-13(4-6-14-7-5-13)12(18)15-8-2-3-10(9-15)11(16)17/h10,14H,2-9H2,1H3,(H,16,17). The Kier molecular flexibility index (Phi) is 3.90. The number of nitrogens with zero attached hydrogens (tertiary/aromatic N) is 1. The fourth-order valence-corrected chi connectivity index (χ4v) is 2.94. The number of carboxylic acid groups (broad SMARTS) is 1. The molecule has 2 aliphatic heterocycles. The lowest BCUT2D eigenvalue weighted by molar-refractivity contribution is -0.150. The van der Waals surface area contributed by atoms with Gasteiger partial charge in [-0.25, -0.2) is 0 Å². The van der Waals surface area contributed by atoms with Crippen LogP contribution >= 0.6 is 0 Å². The lowest BCUT2D eigenvalue weighted by Crippen LogP contribution is -2.51. The number of piperidine rings is 2. The summed E-state index contributed by atoms with van der Waals surface area (Å²) in [6.45, 7) is 4.86. The first-order valence-corrected chi connectivity index (χ1v) is 6.76. The summed E-state index contributed by atoms with van der Waals surface area (Å²) in [7, 11) is 0. The van der Waals surface area contributed by atoms with Gasteiger partial charge in [0.15, 0.2) is 0 Å². The third-order valence-electron chi connectivity index (χ3n) is 4.28. The molecular weight excluding hydrogens is 232 g/mol. The summed E-state index contributed by atoms with van der Waals surface area (Å²) in [5.74, 6) is -1.01. The van der Waals surface area contributed by atoms with Gasteiger partial charge in [0.25, 0.3) is 0 Å². The summed E-state index contributed by atoms with van der Waals surface area (Å²) in [4.78, 5) is 25.4. The van der Waals surface area contributed by atoms with E-state index in [9.17, 15) is 9.59 Å². The van der Waals surface area contributed by atoms with Crippen molar-refractivity contribution in [3.63, 3.8) is 0 Å². The molecule has 0 spiro atoms. The molecule has 0 bridgehead atoms. The minimum absolute atomic E-state index is 0.148. The van der Waals surface area contributed by atoms with Crippen LogP contribution in [0.25, 0.3) is 0 Å². The van der Waals surface area contributed by atoms with Gasteiger partial charge in [0.05, 0.1) is 5.92 Å². The Morgan fingerprint density at radius 3 is 2.61 bits per heavy atom. The number of nitrogens with one attached hydrogen (secondary N) is 1. The fraction of sp³-hybridized carbons (Fsp3) is 0.846. The molecule has 2 heterocycles. The molecule has 1 unspecified atom stereocenters. The van der Waals surface area contributed by atoms with E-state index in [1.807, 2.05) is 6.92 Å². The highest BCUT2D eigenvalue weighted by atomic mass is 16.4. The van der Waals surface area contributed by atoms with Crippen molar-refractivity contribution in [3.8, 4) is 0 Å². The number of likely N-dealkylation sites (tertiary alicyclic amines) is 1. The molecule has 0 radical (unpaired) electrons. The minimum Gasteiger partial charge on any atom is -0.481 e. The predicted molar refractivity (Wildman–Crippen MR) is 67.2 cm³/mol. The summed E-state index contributed by atoms with van der Waals surface area (Å²) < 4.78 is 0. The van der Waals surface area contributed by atoms with Crippen LogP contribution in [0.1, 0.15) is 32.6 Å². The molecule has 0 aromatic carbocycles. The highest BCUT2D eigenvalue weighted by molar-refractivity contribution is 5.83. The van der Waals surface area contributed by atoms with Crippen molar-refractivity contribution in [1.82, 2.24) is 10.2 Å². The van der Waals surface area contributed by atoms with Crippen LogP contribution < -0.4 is 5.32 Å². The second-order valence-corrected chi connectivity index (χ2v) is 5.74. The van der Waals surface area contributed by atoms with E-state index in [4.69, 9.17) is 5.11 Å². The summed E-state index contributed by atoms with van der Waals surface area (Å²) in [5, 5.41) is 12.3. The van der Waals surface area contributed by atoms with Crippen LogP contribution in [0.5, 0.6) is 0 Å². The molecule has 2 saturated heterocycles. The topological polar surface area (TPSA) is 69.6 Å². The van der Waals surface area contributed by atoms with Gasteiger partial charge in [-0.2, -0.15) is 0 Å². The molecule has 1 atom stereocenters. The van der Waals surface area contributed by atoms with Crippen LogP contribution in [0.2, 0.25) is 0 Å². The highest BCUT2D eigenvalue weighted by Crippen LogP contribution is 2.32. The van der Waals surface area contributed by atoms with E-state index in [0.717, 1.165) is 32.4 Å². The average Bonchev–Trinajstić information content (AvgIpc) is 2.39.